The average Bonchev–Trinajstić information content (AvgIpc) is 3.39. The van der Waals surface area contributed by atoms with Crippen LogP contribution in [0, 0.1) is 5.92 Å². The summed E-state index contributed by atoms with van der Waals surface area (Å²) in [7, 11) is 0. The smallest absolute Gasteiger partial charge is 0.410 e. The normalized spacial score (nSPS) is 16.4. The third kappa shape index (κ3) is 5.79. The van der Waals surface area contributed by atoms with Gasteiger partial charge in [-0.15, -0.1) is 0 Å². The second-order valence-corrected chi connectivity index (χ2v) is 9.73. The molecule has 1 aliphatic heterocycles. The van der Waals surface area contributed by atoms with Crippen molar-refractivity contribution in [2.75, 3.05) is 18.4 Å². The largest absolute Gasteiger partial charge is 0.444 e. The summed E-state index contributed by atoms with van der Waals surface area (Å²) in [6.07, 6.45) is 6.90. The maximum atomic E-state index is 12.2. The lowest BCUT2D eigenvalue weighted by Gasteiger charge is -2.24. The maximum absolute atomic E-state index is 12.2. The lowest BCUT2D eigenvalue weighted by atomic mass is 10.0. The van der Waals surface area contributed by atoms with E-state index in [0.717, 1.165) is 40.7 Å². The van der Waals surface area contributed by atoms with Crippen molar-refractivity contribution in [2.45, 2.75) is 39.2 Å². The number of ether oxygens (including phenoxy) is 1. The van der Waals surface area contributed by atoms with E-state index >= 15 is 0 Å². The van der Waals surface area contributed by atoms with E-state index in [4.69, 9.17) is 4.74 Å². The topological polar surface area (TPSA) is 80.2 Å². The van der Waals surface area contributed by atoms with Crippen LogP contribution in [0.4, 0.5) is 15.7 Å². The van der Waals surface area contributed by atoms with E-state index in [1.165, 1.54) is 0 Å². The van der Waals surface area contributed by atoms with E-state index < -0.39 is 5.60 Å². The van der Waals surface area contributed by atoms with Crippen molar-refractivity contribution in [3.8, 4) is 10.4 Å². The maximum Gasteiger partial charge on any atom is 0.410 e. The molecule has 0 aliphatic carbocycles. The number of hydrogen-bond acceptors (Lipinski definition) is 7. The number of likely N-dealkylation sites (tertiary alicyclic amines) is 1. The first kappa shape index (κ1) is 21.2. The third-order valence-electron chi connectivity index (χ3n) is 4.94. The fourth-order valence-electron chi connectivity index (χ4n) is 3.49. The molecule has 1 saturated heterocycles. The Labute approximate surface area is 186 Å². The van der Waals surface area contributed by atoms with Crippen molar-refractivity contribution in [1.82, 2.24) is 19.9 Å². The monoisotopic (exact) mass is 437 g/mol. The summed E-state index contributed by atoms with van der Waals surface area (Å²) in [5.74, 6) is 1.03. The Morgan fingerprint density at radius 2 is 1.97 bits per heavy atom. The molecule has 3 heterocycles. The molecule has 2 aromatic heterocycles. The minimum absolute atomic E-state index is 0.237. The molecule has 1 fully saturated rings. The van der Waals surface area contributed by atoms with Crippen molar-refractivity contribution in [2.24, 2.45) is 5.92 Å². The van der Waals surface area contributed by atoms with E-state index in [9.17, 15) is 4.79 Å². The first-order valence-corrected chi connectivity index (χ1v) is 11.2. The van der Waals surface area contributed by atoms with Gasteiger partial charge in [-0.25, -0.2) is 14.8 Å². The van der Waals surface area contributed by atoms with Crippen LogP contribution in [0.3, 0.4) is 0 Å². The number of nitrogens with one attached hydrogen (secondary N) is 1. The predicted molar refractivity (Wildman–Crippen MR) is 122 cm³/mol. The summed E-state index contributed by atoms with van der Waals surface area (Å²) >= 11 is 1.58. The lowest BCUT2D eigenvalue weighted by Crippen LogP contribution is -2.35. The Hall–Kier alpha value is -3.00. The minimum atomic E-state index is -0.469. The second-order valence-electron chi connectivity index (χ2n) is 8.70. The van der Waals surface area contributed by atoms with Gasteiger partial charge in [-0.2, -0.15) is 0 Å². The molecule has 8 heteroatoms. The molecule has 3 aromatic rings. The Kier molecular flexibility index (Phi) is 6.18. The number of anilines is 2. The van der Waals surface area contributed by atoms with E-state index in [1.54, 1.807) is 28.6 Å². The summed E-state index contributed by atoms with van der Waals surface area (Å²) in [6, 6.07) is 10.2. The van der Waals surface area contributed by atoms with Crippen molar-refractivity contribution in [1.29, 1.82) is 0 Å². The number of benzene rings is 1. The Bertz CT molecular complexity index is 1010. The minimum Gasteiger partial charge on any atom is -0.444 e. The third-order valence-corrected chi connectivity index (χ3v) is 5.90. The number of carbonyl (C=O) groups is 1. The van der Waals surface area contributed by atoms with Gasteiger partial charge in [-0.1, -0.05) is 41.7 Å². The Morgan fingerprint density at radius 1 is 1.16 bits per heavy atom. The number of rotatable bonds is 5. The number of amides is 1. The average molecular weight is 438 g/mol. The highest BCUT2D eigenvalue weighted by molar-refractivity contribution is 7.18. The van der Waals surface area contributed by atoms with E-state index in [-0.39, 0.29) is 6.09 Å². The van der Waals surface area contributed by atoms with Crippen LogP contribution in [0.5, 0.6) is 0 Å². The van der Waals surface area contributed by atoms with Gasteiger partial charge in [0.1, 0.15) is 5.60 Å². The highest BCUT2D eigenvalue weighted by Gasteiger charge is 2.30. The quantitative estimate of drug-likeness (QED) is 0.595. The van der Waals surface area contributed by atoms with Gasteiger partial charge in [-0.05, 0) is 45.1 Å². The molecule has 1 unspecified atom stereocenters. The zero-order valence-electron chi connectivity index (χ0n) is 18.0. The van der Waals surface area contributed by atoms with Gasteiger partial charge in [0.05, 0.1) is 23.0 Å². The predicted octanol–water partition coefficient (Wildman–Crippen LogP) is 5.14. The Morgan fingerprint density at radius 3 is 2.68 bits per heavy atom. The standard InChI is InChI=1S/C23H27N5O2S/c1-23(2,3)30-22(29)28-10-9-16(15-28)11-18-12-25-20(14-24-18)27-21-26-13-19(31-21)17-7-5-4-6-8-17/h4-8,12-14,16H,9-11,15H2,1-3H3,(H,25,26,27). The van der Waals surface area contributed by atoms with Crippen LogP contribution < -0.4 is 5.32 Å². The zero-order chi connectivity index (χ0) is 21.8. The molecule has 1 amide bonds. The molecule has 0 saturated carbocycles. The molecule has 1 aromatic carbocycles. The van der Waals surface area contributed by atoms with Gasteiger partial charge in [0.25, 0.3) is 0 Å². The summed E-state index contributed by atoms with van der Waals surface area (Å²) in [4.78, 5) is 28.6. The van der Waals surface area contributed by atoms with E-state index in [1.807, 2.05) is 45.2 Å². The van der Waals surface area contributed by atoms with Crippen molar-refractivity contribution >= 4 is 28.4 Å². The molecule has 1 N–H and O–H groups in total. The van der Waals surface area contributed by atoms with Crippen LogP contribution in [0.25, 0.3) is 10.4 Å². The number of hydrogen-bond donors (Lipinski definition) is 1. The number of nitrogens with zero attached hydrogens (tertiary/aromatic N) is 4. The van der Waals surface area contributed by atoms with E-state index in [0.29, 0.717) is 18.3 Å². The molecule has 0 radical (unpaired) electrons. The Balaban J connectivity index is 1.30. The van der Waals surface area contributed by atoms with E-state index in [2.05, 4.69) is 32.4 Å². The lowest BCUT2D eigenvalue weighted by molar-refractivity contribution is 0.0288. The molecule has 4 rings (SSSR count). The van der Waals surface area contributed by atoms with Crippen LogP contribution in [-0.4, -0.2) is 44.6 Å². The fraction of sp³-hybridized carbons (Fsp3) is 0.391. The SMILES string of the molecule is CC(C)(C)OC(=O)N1CCC(Cc2cnc(Nc3ncc(-c4ccccc4)s3)cn2)C1. The summed E-state index contributed by atoms with van der Waals surface area (Å²) < 4.78 is 5.47. The molecule has 7 nitrogen and oxygen atoms in total. The number of thiazole rings is 1. The molecule has 0 bridgehead atoms. The first-order valence-electron chi connectivity index (χ1n) is 10.4. The van der Waals surface area contributed by atoms with Crippen LogP contribution in [0.15, 0.2) is 48.9 Å². The highest BCUT2D eigenvalue weighted by Crippen LogP contribution is 2.30. The van der Waals surface area contributed by atoms with Gasteiger partial charge in [0.15, 0.2) is 10.9 Å². The molecule has 162 valence electrons. The molecule has 1 aliphatic rings. The summed E-state index contributed by atoms with van der Waals surface area (Å²) in [5.41, 5.74) is 1.60. The van der Waals surface area contributed by atoms with Gasteiger partial charge in [0, 0.05) is 19.3 Å². The van der Waals surface area contributed by atoms with Gasteiger partial charge in [-0.3, -0.25) is 4.98 Å². The van der Waals surface area contributed by atoms with Crippen LogP contribution >= 0.6 is 11.3 Å². The summed E-state index contributed by atoms with van der Waals surface area (Å²) in [6.45, 7) is 7.08. The highest BCUT2D eigenvalue weighted by atomic mass is 32.1. The molecule has 1 atom stereocenters. The van der Waals surface area contributed by atoms with Crippen LogP contribution in [0.1, 0.15) is 32.9 Å². The van der Waals surface area contributed by atoms with Crippen molar-refractivity contribution < 1.29 is 9.53 Å². The van der Waals surface area contributed by atoms with Gasteiger partial charge in [0.2, 0.25) is 0 Å². The number of aromatic nitrogens is 3. The molecular weight excluding hydrogens is 410 g/mol. The summed E-state index contributed by atoms with van der Waals surface area (Å²) in [5, 5.41) is 4.01. The number of carbonyl (C=O) groups excluding carboxylic acids is 1. The first-order chi connectivity index (χ1) is 14.9. The molecule has 31 heavy (non-hydrogen) atoms. The molecular formula is C23H27N5O2S. The second kappa shape index (κ2) is 9.01. The van der Waals surface area contributed by atoms with Crippen molar-refractivity contribution in [3.05, 3.63) is 54.6 Å². The molecule has 0 spiro atoms. The zero-order valence-corrected chi connectivity index (χ0v) is 18.9. The van der Waals surface area contributed by atoms with Crippen molar-refractivity contribution in [3.63, 3.8) is 0 Å². The fourth-order valence-corrected chi connectivity index (χ4v) is 4.32. The van der Waals surface area contributed by atoms with Crippen LogP contribution in [-0.2, 0) is 11.2 Å². The van der Waals surface area contributed by atoms with Crippen LogP contribution in [0.2, 0.25) is 0 Å². The van der Waals surface area contributed by atoms with Gasteiger partial charge < -0.3 is 15.0 Å². The van der Waals surface area contributed by atoms with Gasteiger partial charge >= 0.3 is 6.09 Å².